The quantitative estimate of drug-likeness (QED) is 0.691. The molecule has 1 aliphatic rings. The molecule has 0 unspecified atom stereocenters. The first-order valence-electron chi connectivity index (χ1n) is 8.63. The number of hydrogen-bond donors (Lipinski definition) is 0. The molecule has 7 heteroatoms. The lowest BCUT2D eigenvalue weighted by atomic mass is 10.1. The first-order chi connectivity index (χ1) is 12.4. The first-order valence-corrected chi connectivity index (χ1v) is 10.9. The van der Waals surface area contributed by atoms with Gasteiger partial charge in [-0.15, -0.1) is 0 Å². The van der Waals surface area contributed by atoms with Crippen LogP contribution in [0.1, 0.15) is 24.8 Å². The molecule has 2 aromatic carbocycles. The van der Waals surface area contributed by atoms with E-state index in [1.54, 1.807) is 0 Å². The summed E-state index contributed by atoms with van der Waals surface area (Å²) in [4.78, 5) is 2.43. The van der Waals surface area contributed by atoms with Crippen LogP contribution in [0.3, 0.4) is 0 Å². The third-order valence-electron chi connectivity index (χ3n) is 4.64. The summed E-state index contributed by atoms with van der Waals surface area (Å²) in [7, 11) is -2.17. The van der Waals surface area contributed by atoms with Gasteiger partial charge in [-0.1, -0.05) is 12.1 Å². The molecule has 1 aliphatic heterocycles. The second kappa shape index (κ2) is 8.06. The zero-order valence-corrected chi connectivity index (χ0v) is 17.1. The number of benzene rings is 2. The topological polar surface area (TPSA) is 40.6 Å². The van der Waals surface area contributed by atoms with Crippen LogP contribution in [0, 0.1) is 5.82 Å². The molecule has 0 amide bonds. The second-order valence-corrected chi connectivity index (χ2v) is 9.42. The monoisotopic (exact) mass is 440 g/mol. The van der Waals surface area contributed by atoms with Gasteiger partial charge >= 0.3 is 0 Å². The summed E-state index contributed by atoms with van der Waals surface area (Å²) >= 11 is 3.14. The molecule has 0 bridgehead atoms. The lowest BCUT2D eigenvalue weighted by Crippen LogP contribution is -2.29. The highest BCUT2D eigenvalue weighted by Gasteiger charge is 2.24. The van der Waals surface area contributed by atoms with E-state index in [2.05, 4.69) is 33.0 Å². The molecule has 0 spiro atoms. The van der Waals surface area contributed by atoms with Crippen molar-refractivity contribution < 1.29 is 12.8 Å². The average molecular weight is 441 g/mol. The maximum Gasteiger partial charge on any atom is 0.244 e. The minimum absolute atomic E-state index is 0.0614. The van der Waals surface area contributed by atoms with Gasteiger partial charge in [-0.25, -0.2) is 12.8 Å². The predicted octanol–water partition coefficient (Wildman–Crippen LogP) is 4.40. The Morgan fingerprint density at radius 3 is 2.35 bits per heavy atom. The lowest BCUT2D eigenvalue weighted by Gasteiger charge is -2.29. The highest BCUT2D eigenvalue weighted by atomic mass is 79.9. The normalized spacial score (nSPS) is 15.5. The summed E-state index contributed by atoms with van der Waals surface area (Å²) in [5.41, 5.74) is 2.09. The van der Waals surface area contributed by atoms with Crippen LogP contribution in [0.5, 0.6) is 0 Å². The lowest BCUT2D eigenvalue weighted by molar-refractivity contribution is 0.466. The number of anilines is 1. The highest BCUT2D eigenvalue weighted by Crippen LogP contribution is 2.27. The summed E-state index contributed by atoms with van der Waals surface area (Å²) in [6.07, 6.45) is 3.72. The van der Waals surface area contributed by atoms with E-state index in [1.165, 1.54) is 42.4 Å². The van der Waals surface area contributed by atoms with Crippen LogP contribution in [0.25, 0.3) is 0 Å². The SMILES string of the molecule is CN(Cc1ccc(N2CCCCC2)cc1)S(=O)(=O)c1ccc(F)cc1Br. The second-order valence-electron chi connectivity index (χ2n) is 6.55. The molecule has 1 heterocycles. The molecule has 2 aromatic rings. The van der Waals surface area contributed by atoms with Crippen molar-refractivity contribution in [3.8, 4) is 0 Å². The number of sulfonamides is 1. The highest BCUT2D eigenvalue weighted by molar-refractivity contribution is 9.10. The Hall–Kier alpha value is -1.44. The summed E-state index contributed by atoms with van der Waals surface area (Å²) in [5, 5.41) is 0. The van der Waals surface area contributed by atoms with Crippen molar-refractivity contribution in [2.75, 3.05) is 25.0 Å². The first kappa shape index (κ1) is 19.3. The molecule has 0 radical (unpaired) electrons. The molecule has 1 fully saturated rings. The van der Waals surface area contributed by atoms with Gasteiger partial charge in [0.05, 0.1) is 4.90 Å². The standard InChI is InChI=1S/C19H22BrFN2O2S/c1-22(26(24,25)19-10-7-16(21)13-18(19)20)14-15-5-8-17(9-6-15)23-11-3-2-4-12-23/h5-10,13H,2-4,11-12,14H2,1H3. The Kier molecular flexibility index (Phi) is 5.99. The van der Waals surface area contributed by atoms with Gasteiger partial charge in [0.2, 0.25) is 10.0 Å². The van der Waals surface area contributed by atoms with E-state index in [4.69, 9.17) is 0 Å². The molecule has 0 atom stereocenters. The molecule has 4 nitrogen and oxygen atoms in total. The Balaban J connectivity index is 1.73. The van der Waals surface area contributed by atoms with Gasteiger partial charge in [-0.2, -0.15) is 4.31 Å². The van der Waals surface area contributed by atoms with Crippen molar-refractivity contribution in [1.29, 1.82) is 0 Å². The van der Waals surface area contributed by atoms with Crippen LogP contribution >= 0.6 is 15.9 Å². The van der Waals surface area contributed by atoms with E-state index in [9.17, 15) is 12.8 Å². The van der Waals surface area contributed by atoms with Crippen molar-refractivity contribution in [2.24, 2.45) is 0 Å². The van der Waals surface area contributed by atoms with E-state index in [1.807, 2.05) is 12.1 Å². The molecular formula is C19H22BrFN2O2S. The molecule has 0 saturated carbocycles. The number of hydrogen-bond acceptors (Lipinski definition) is 3. The van der Waals surface area contributed by atoms with Crippen LogP contribution in [0.4, 0.5) is 10.1 Å². The molecule has 1 saturated heterocycles. The molecule has 26 heavy (non-hydrogen) atoms. The van der Waals surface area contributed by atoms with Crippen LogP contribution in [0.15, 0.2) is 51.8 Å². The smallest absolute Gasteiger partial charge is 0.244 e. The number of rotatable bonds is 5. The minimum atomic E-state index is -3.71. The van der Waals surface area contributed by atoms with E-state index in [-0.39, 0.29) is 15.9 Å². The molecule has 140 valence electrons. The predicted molar refractivity (Wildman–Crippen MR) is 105 cm³/mol. The average Bonchev–Trinajstić information content (AvgIpc) is 2.62. The summed E-state index contributed by atoms with van der Waals surface area (Å²) in [6.45, 7) is 2.41. The largest absolute Gasteiger partial charge is 0.372 e. The molecule has 0 N–H and O–H groups in total. The Morgan fingerprint density at radius 2 is 1.73 bits per heavy atom. The van der Waals surface area contributed by atoms with Crippen molar-refractivity contribution in [3.63, 3.8) is 0 Å². The molecule has 0 aromatic heterocycles. The molecule has 3 rings (SSSR count). The van der Waals surface area contributed by atoms with Crippen LogP contribution in [-0.4, -0.2) is 32.9 Å². The fraction of sp³-hybridized carbons (Fsp3) is 0.368. The Morgan fingerprint density at radius 1 is 1.08 bits per heavy atom. The third-order valence-corrected chi connectivity index (χ3v) is 7.43. The van der Waals surface area contributed by atoms with E-state index < -0.39 is 15.8 Å². The maximum absolute atomic E-state index is 13.2. The molecular weight excluding hydrogens is 419 g/mol. The Bertz CT molecular complexity index is 866. The van der Waals surface area contributed by atoms with Gasteiger partial charge in [0.25, 0.3) is 0 Å². The van der Waals surface area contributed by atoms with Gasteiger partial charge in [-0.3, -0.25) is 0 Å². The summed E-state index contributed by atoms with van der Waals surface area (Å²) in [6, 6.07) is 11.6. The number of halogens is 2. The minimum Gasteiger partial charge on any atom is -0.372 e. The maximum atomic E-state index is 13.2. The van der Waals surface area contributed by atoms with Gasteiger partial charge in [0.1, 0.15) is 5.82 Å². The van der Waals surface area contributed by atoms with Crippen LogP contribution in [-0.2, 0) is 16.6 Å². The van der Waals surface area contributed by atoms with Crippen LogP contribution < -0.4 is 4.90 Å². The summed E-state index contributed by atoms with van der Waals surface area (Å²) in [5.74, 6) is -0.480. The van der Waals surface area contributed by atoms with Crippen molar-refractivity contribution in [2.45, 2.75) is 30.7 Å². The Labute approximate surface area is 162 Å². The fourth-order valence-electron chi connectivity index (χ4n) is 3.16. The van der Waals surface area contributed by atoms with Gasteiger partial charge in [0.15, 0.2) is 0 Å². The van der Waals surface area contributed by atoms with E-state index >= 15 is 0 Å². The number of nitrogens with zero attached hydrogens (tertiary/aromatic N) is 2. The van der Waals surface area contributed by atoms with Crippen molar-refractivity contribution in [1.82, 2.24) is 4.31 Å². The third kappa shape index (κ3) is 4.27. The fourth-order valence-corrected chi connectivity index (χ4v) is 5.32. The zero-order chi connectivity index (χ0) is 18.7. The van der Waals surface area contributed by atoms with Crippen molar-refractivity contribution in [3.05, 3.63) is 58.3 Å². The molecule has 0 aliphatic carbocycles. The summed E-state index contributed by atoms with van der Waals surface area (Å²) < 4.78 is 40.2. The number of piperidine rings is 1. The van der Waals surface area contributed by atoms with Crippen LogP contribution in [0.2, 0.25) is 0 Å². The van der Waals surface area contributed by atoms with Gasteiger partial charge in [-0.05, 0) is 71.1 Å². The van der Waals surface area contributed by atoms with Crippen molar-refractivity contribution >= 4 is 31.6 Å². The zero-order valence-electron chi connectivity index (χ0n) is 14.7. The van der Waals surface area contributed by atoms with E-state index in [0.29, 0.717) is 0 Å². The van der Waals surface area contributed by atoms with Gasteiger partial charge in [0, 0.05) is 36.8 Å². The van der Waals surface area contributed by atoms with Gasteiger partial charge < -0.3 is 4.90 Å². The van der Waals surface area contributed by atoms with E-state index in [0.717, 1.165) is 30.8 Å².